The SMILES string of the molecule is CCN(CC)S(=O)(=O)c1ccc(N2CCOCC2)c(C(=O)NC(C)c2ccc3ccccc3c2)c1. The molecule has 1 heterocycles. The number of carbonyl (C=O) groups excluding carboxylic acids is 1. The average molecular weight is 496 g/mol. The third-order valence-electron chi connectivity index (χ3n) is 6.53. The number of fused-ring (bicyclic) bond motifs is 1. The van der Waals surface area contributed by atoms with E-state index in [1.807, 2.05) is 51.1 Å². The fraction of sp³-hybridized carbons (Fsp3) is 0.370. The van der Waals surface area contributed by atoms with Gasteiger partial charge in [-0.15, -0.1) is 0 Å². The molecule has 8 heteroatoms. The van der Waals surface area contributed by atoms with Crippen LogP contribution in [-0.4, -0.2) is 58.0 Å². The van der Waals surface area contributed by atoms with E-state index in [0.29, 0.717) is 45.0 Å². The summed E-state index contributed by atoms with van der Waals surface area (Å²) in [6.07, 6.45) is 0. The first-order valence-electron chi connectivity index (χ1n) is 12.1. The minimum absolute atomic E-state index is 0.127. The zero-order valence-corrected chi connectivity index (χ0v) is 21.3. The van der Waals surface area contributed by atoms with E-state index in [-0.39, 0.29) is 16.8 Å². The highest BCUT2D eigenvalue weighted by molar-refractivity contribution is 7.89. The maximum atomic E-state index is 13.6. The van der Waals surface area contributed by atoms with Gasteiger partial charge in [-0.05, 0) is 47.5 Å². The topological polar surface area (TPSA) is 79.0 Å². The van der Waals surface area contributed by atoms with Crippen molar-refractivity contribution in [1.82, 2.24) is 9.62 Å². The average Bonchev–Trinajstić information content (AvgIpc) is 2.89. The summed E-state index contributed by atoms with van der Waals surface area (Å²) >= 11 is 0. The Morgan fingerprint density at radius 1 is 1.00 bits per heavy atom. The number of benzene rings is 3. The molecule has 1 unspecified atom stereocenters. The lowest BCUT2D eigenvalue weighted by atomic mass is 10.0. The lowest BCUT2D eigenvalue weighted by Crippen LogP contribution is -2.38. The predicted octanol–water partition coefficient (Wildman–Crippen LogP) is 4.20. The van der Waals surface area contributed by atoms with E-state index in [2.05, 4.69) is 22.3 Å². The van der Waals surface area contributed by atoms with Gasteiger partial charge >= 0.3 is 0 Å². The normalized spacial score (nSPS) is 15.4. The Morgan fingerprint density at radius 3 is 2.37 bits per heavy atom. The van der Waals surface area contributed by atoms with E-state index in [1.165, 1.54) is 10.4 Å². The molecule has 0 saturated carbocycles. The highest BCUT2D eigenvalue weighted by Gasteiger charge is 2.26. The Hall–Kier alpha value is -2.94. The van der Waals surface area contributed by atoms with Crippen molar-refractivity contribution in [1.29, 1.82) is 0 Å². The number of sulfonamides is 1. The Kier molecular flexibility index (Phi) is 7.74. The van der Waals surface area contributed by atoms with Crippen LogP contribution in [0.2, 0.25) is 0 Å². The van der Waals surface area contributed by atoms with E-state index < -0.39 is 10.0 Å². The molecule has 1 amide bonds. The Morgan fingerprint density at radius 2 is 1.69 bits per heavy atom. The number of ether oxygens (including phenoxy) is 1. The predicted molar refractivity (Wildman–Crippen MR) is 139 cm³/mol. The van der Waals surface area contributed by atoms with Gasteiger partial charge in [-0.3, -0.25) is 4.79 Å². The molecule has 3 aromatic rings. The van der Waals surface area contributed by atoms with Crippen molar-refractivity contribution < 1.29 is 17.9 Å². The van der Waals surface area contributed by atoms with Crippen molar-refractivity contribution in [2.75, 3.05) is 44.3 Å². The van der Waals surface area contributed by atoms with E-state index >= 15 is 0 Å². The standard InChI is InChI=1S/C27H33N3O4S/c1-4-30(5-2)35(32,33)24-12-13-26(29-14-16-34-17-15-29)25(19-24)27(31)28-20(3)22-11-10-21-8-6-7-9-23(21)18-22/h6-13,18-20H,4-5,14-17H2,1-3H3,(H,28,31). The molecule has 186 valence electrons. The number of carbonyl (C=O) groups is 1. The smallest absolute Gasteiger partial charge is 0.253 e. The lowest BCUT2D eigenvalue weighted by Gasteiger charge is -2.31. The minimum atomic E-state index is -3.70. The summed E-state index contributed by atoms with van der Waals surface area (Å²) < 4.78 is 33.2. The lowest BCUT2D eigenvalue weighted by molar-refractivity contribution is 0.0938. The molecule has 0 spiro atoms. The number of nitrogens with zero attached hydrogens (tertiary/aromatic N) is 2. The van der Waals surface area contributed by atoms with E-state index in [1.54, 1.807) is 12.1 Å². The summed E-state index contributed by atoms with van der Waals surface area (Å²) in [7, 11) is -3.70. The van der Waals surface area contributed by atoms with Crippen LogP contribution < -0.4 is 10.2 Å². The van der Waals surface area contributed by atoms with Crippen molar-refractivity contribution in [3.63, 3.8) is 0 Å². The zero-order chi connectivity index (χ0) is 25.0. The number of hydrogen-bond acceptors (Lipinski definition) is 5. The Bertz CT molecular complexity index is 1300. The quantitative estimate of drug-likeness (QED) is 0.507. The molecule has 0 aliphatic carbocycles. The summed E-state index contributed by atoms with van der Waals surface area (Å²) in [5, 5.41) is 5.33. The molecule has 1 aliphatic heterocycles. The number of morpholine rings is 1. The molecule has 7 nitrogen and oxygen atoms in total. The van der Waals surface area contributed by atoms with Crippen molar-refractivity contribution in [2.24, 2.45) is 0 Å². The molecule has 0 bridgehead atoms. The molecule has 0 radical (unpaired) electrons. The van der Waals surface area contributed by atoms with Crippen LogP contribution in [0.15, 0.2) is 65.6 Å². The van der Waals surface area contributed by atoms with Crippen LogP contribution in [0.3, 0.4) is 0 Å². The molecular weight excluding hydrogens is 462 g/mol. The number of rotatable bonds is 8. The van der Waals surface area contributed by atoms with Gasteiger partial charge in [0.1, 0.15) is 0 Å². The van der Waals surface area contributed by atoms with Gasteiger partial charge < -0.3 is 15.0 Å². The molecule has 1 N–H and O–H groups in total. The maximum absolute atomic E-state index is 13.6. The maximum Gasteiger partial charge on any atom is 0.253 e. The van der Waals surface area contributed by atoms with E-state index in [0.717, 1.165) is 22.0 Å². The monoisotopic (exact) mass is 495 g/mol. The largest absolute Gasteiger partial charge is 0.378 e. The molecule has 1 fully saturated rings. The van der Waals surface area contributed by atoms with Gasteiger partial charge in [0.2, 0.25) is 10.0 Å². The Balaban J connectivity index is 1.68. The van der Waals surface area contributed by atoms with Crippen LogP contribution in [-0.2, 0) is 14.8 Å². The summed E-state index contributed by atoms with van der Waals surface area (Å²) in [5.41, 5.74) is 2.06. The first kappa shape index (κ1) is 25.2. The van der Waals surface area contributed by atoms with Crippen molar-refractivity contribution in [3.8, 4) is 0 Å². The zero-order valence-electron chi connectivity index (χ0n) is 20.5. The minimum Gasteiger partial charge on any atom is -0.378 e. The van der Waals surface area contributed by atoms with Gasteiger partial charge in [-0.2, -0.15) is 4.31 Å². The first-order valence-corrected chi connectivity index (χ1v) is 13.6. The second-order valence-corrected chi connectivity index (χ2v) is 10.6. The van der Waals surface area contributed by atoms with Crippen LogP contribution in [0.5, 0.6) is 0 Å². The fourth-order valence-electron chi connectivity index (χ4n) is 4.48. The van der Waals surface area contributed by atoms with Crippen LogP contribution >= 0.6 is 0 Å². The van der Waals surface area contributed by atoms with Crippen molar-refractivity contribution >= 4 is 32.4 Å². The number of hydrogen-bond donors (Lipinski definition) is 1. The van der Waals surface area contributed by atoms with Crippen LogP contribution in [0, 0.1) is 0 Å². The molecule has 1 aliphatic rings. The molecular formula is C27H33N3O4S. The second kappa shape index (κ2) is 10.8. The van der Waals surface area contributed by atoms with Crippen molar-refractivity contribution in [2.45, 2.75) is 31.7 Å². The number of anilines is 1. The highest BCUT2D eigenvalue weighted by atomic mass is 32.2. The fourth-order valence-corrected chi connectivity index (χ4v) is 5.97. The van der Waals surface area contributed by atoms with Gasteiger partial charge in [0, 0.05) is 31.9 Å². The molecule has 3 aromatic carbocycles. The molecule has 0 aromatic heterocycles. The second-order valence-electron chi connectivity index (χ2n) is 8.67. The summed E-state index contributed by atoms with van der Waals surface area (Å²) in [6.45, 7) is 8.69. The van der Waals surface area contributed by atoms with E-state index in [9.17, 15) is 13.2 Å². The highest BCUT2D eigenvalue weighted by Crippen LogP contribution is 2.28. The van der Waals surface area contributed by atoms with E-state index in [4.69, 9.17) is 4.74 Å². The summed E-state index contributed by atoms with van der Waals surface area (Å²) in [6, 6.07) is 18.8. The Labute approximate surface area is 207 Å². The van der Waals surface area contributed by atoms with Gasteiger partial charge in [0.05, 0.1) is 29.7 Å². The molecule has 4 rings (SSSR count). The molecule has 1 atom stereocenters. The van der Waals surface area contributed by atoms with Gasteiger partial charge in [0.15, 0.2) is 0 Å². The van der Waals surface area contributed by atoms with Crippen LogP contribution in [0.4, 0.5) is 5.69 Å². The number of nitrogens with one attached hydrogen (secondary N) is 1. The van der Waals surface area contributed by atoms with Gasteiger partial charge in [0.25, 0.3) is 5.91 Å². The summed E-state index contributed by atoms with van der Waals surface area (Å²) in [5.74, 6) is -0.302. The van der Waals surface area contributed by atoms with Crippen molar-refractivity contribution in [3.05, 3.63) is 71.8 Å². The third kappa shape index (κ3) is 5.34. The first-order chi connectivity index (χ1) is 16.8. The molecule has 1 saturated heterocycles. The van der Waals surface area contributed by atoms with Gasteiger partial charge in [-0.1, -0.05) is 50.2 Å². The third-order valence-corrected chi connectivity index (χ3v) is 8.57. The van der Waals surface area contributed by atoms with Gasteiger partial charge in [-0.25, -0.2) is 8.42 Å². The molecule has 35 heavy (non-hydrogen) atoms. The van der Waals surface area contributed by atoms with Crippen LogP contribution in [0.25, 0.3) is 10.8 Å². The van der Waals surface area contributed by atoms with Crippen LogP contribution in [0.1, 0.15) is 42.7 Å². The summed E-state index contributed by atoms with van der Waals surface area (Å²) in [4.78, 5) is 15.8. The number of amides is 1.